The van der Waals surface area contributed by atoms with Crippen LogP contribution < -0.4 is 4.74 Å². The van der Waals surface area contributed by atoms with Crippen molar-refractivity contribution in [2.24, 2.45) is 5.92 Å². The average molecular weight is 386 g/mol. The molecule has 28 heavy (non-hydrogen) atoms. The summed E-state index contributed by atoms with van der Waals surface area (Å²) in [5, 5.41) is 0. The Kier molecular flexibility index (Phi) is 7.48. The van der Waals surface area contributed by atoms with Gasteiger partial charge >= 0.3 is 0 Å². The van der Waals surface area contributed by atoms with Crippen LogP contribution in [-0.2, 0) is 9.53 Å². The molecule has 2 amide bonds. The SMILES string of the molecule is C=CCOc1cccc(C(=O)N2CCC[C@@H](CCC(=O)N3CCOCC3)C2)c1. The summed E-state index contributed by atoms with van der Waals surface area (Å²) < 4.78 is 10.8. The molecule has 1 aromatic carbocycles. The zero-order chi connectivity index (χ0) is 19.8. The van der Waals surface area contributed by atoms with E-state index in [4.69, 9.17) is 9.47 Å². The molecule has 0 saturated carbocycles. The van der Waals surface area contributed by atoms with E-state index in [1.54, 1.807) is 12.1 Å². The molecule has 152 valence electrons. The molecule has 2 aliphatic heterocycles. The number of ether oxygens (including phenoxy) is 2. The van der Waals surface area contributed by atoms with E-state index >= 15 is 0 Å². The monoisotopic (exact) mass is 386 g/mol. The van der Waals surface area contributed by atoms with Gasteiger partial charge in [-0.15, -0.1) is 0 Å². The number of carbonyl (C=O) groups excluding carboxylic acids is 2. The summed E-state index contributed by atoms with van der Waals surface area (Å²) in [7, 11) is 0. The number of rotatable bonds is 7. The third-order valence-electron chi connectivity index (χ3n) is 5.39. The third kappa shape index (κ3) is 5.58. The number of amides is 2. The lowest BCUT2D eigenvalue weighted by Crippen LogP contribution is -2.42. The summed E-state index contributed by atoms with van der Waals surface area (Å²) in [5.74, 6) is 1.30. The fraction of sp³-hybridized carbons (Fsp3) is 0.545. The average Bonchev–Trinajstić information content (AvgIpc) is 2.76. The first-order valence-corrected chi connectivity index (χ1v) is 10.2. The maximum atomic E-state index is 12.9. The highest BCUT2D eigenvalue weighted by atomic mass is 16.5. The van der Waals surface area contributed by atoms with Crippen molar-refractivity contribution in [2.75, 3.05) is 46.0 Å². The van der Waals surface area contributed by atoms with Crippen LogP contribution in [0.2, 0.25) is 0 Å². The van der Waals surface area contributed by atoms with Gasteiger partial charge in [0.15, 0.2) is 0 Å². The fourth-order valence-corrected chi connectivity index (χ4v) is 3.84. The quantitative estimate of drug-likeness (QED) is 0.676. The first-order valence-electron chi connectivity index (χ1n) is 10.2. The molecule has 0 bridgehead atoms. The van der Waals surface area contributed by atoms with Crippen LogP contribution in [0.4, 0.5) is 0 Å². The van der Waals surface area contributed by atoms with Gasteiger partial charge in [-0.05, 0) is 43.4 Å². The molecule has 3 rings (SSSR count). The molecule has 0 aliphatic carbocycles. The number of hydrogen-bond acceptors (Lipinski definition) is 4. The van der Waals surface area contributed by atoms with Gasteiger partial charge < -0.3 is 19.3 Å². The van der Waals surface area contributed by atoms with Crippen LogP contribution in [0.15, 0.2) is 36.9 Å². The van der Waals surface area contributed by atoms with Gasteiger partial charge in [0.05, 0.1) is 13.2 Å². The molecule has 0 unspecified atom stereocenters. The van der Waals surface area contributed by atoms with Crippen LogP contribution in [0.3, 0.4) is 0 Å². The Bertz CT molecular complexity index is 685. The minimum absolute atomic E-state index is 0.0354. The summed E-state index contributed by atoms with van der Waals surface area (Å²) in [6.07, 6.45) is 5.12. The molecule has 0 aromatic heterocycles. The van der Waals surface area contributed by atoms with Crippen LogP contribution in [0.1, 0.15) is 36.0 Å². The maximum absolute atomic E-state index is 12.9. The van der Waals surface area contributed by atoms with Crippen molar-refractivity contribution in [2.45, 2.75) is 25.7 Å². The smallest absolute Gasteiger partial charge is 0.253 e. The van der Waals surface area contributed by atoms with E-state index in [0.29, 0.717) is 63.1 Å². The third-order valence-corrected chi connectivity index (χ3v) is 5.39. The summed E-state index contributed by atoms with van der Waals surface area (Å²) in [5.41, 5.74) is 0.645. The van der Waals surface area contributed by atoms with E-state index in [2.05, 4.69) is 6.58 Å². The second-order valence-corrected chi connectivity index (χ2v) is 7.42. The zero-order valence-electron chi connectivity index (χ0n) is 16.5. The van der Waals surface area contributed by atoms with Crippen molar-refractivity contribution in [1.82, 2.24) is 9.80 Å². The normalized spacial score (nSPS) is 19.9. The van der Waals surface area contributed by atoms with Gasteiger partial charge in [-0.3, -0.25) is 9.59 Å². The largest absolute Gasteiger partial charge is 0.490 e. The van der Waals surface area contributed by atoms with Crippen LogP contribution in [0, 0.1) is 5.92 Å². The number of morpholine rings is 1. The molecule has 0 N–H and O–H groups in total. The van der Waals surface area contributed by atoms with Gasteiger partial charge in [-0.25, -0.2) is 0 Å². The summed E-state index contributed by atoms with van der Waals surface area (Å²) in [6.45, 7) is 8.19. The van der Waals surface area contributed by atoms with Gasteiger partial charge in [0, 0.05) is 38.2 Å². The molecule has 1 aromatic rings. The predicted octanol–water partition coefficient (Wildman–Crippen LogP) is 2.74. The molecular formula is C22H30N2O4. The highest BCUT2D eigenvalue weighted by Crippen LogP contribution is 2.24. The highest BCUT2D eigenvalue weighted by molar-refractivity contribution is 5.94. The number of benzene rings is 1. The van der Waals surface area contributed by atoms with Crippen LogP contribution in [0.5, 0.6) is 5.75 Å². The van der Waals surface area contributed by atoms with E-state index in [-0.39, 0.29) is 11.8 Å². The standard InChI is InChI=1S/C22H30N2O4/c1-2-13-28-20-7-3-6-19(16-20)22(26)24-10-4-5-18(17-24)8-9-21(25)23-11-14-27-15-12-23/h2-3,6-7,16,18H,1,4-5,8-15,17H2/t18-/m0/s1. The topological polar surface area (TPSA) is 59.1 Å². The lowest BCUT2D eigenvalue weighted by atomic mass is 9.92. The molecule has 6 nitrogen and oxygen atoms in total. The molecule has 1 atom stereocenters. The van der Waals surface area contributed by atoms with Gasteiger partial charge in [0.1, 0.15) is 12.4 Å². The van der Waals surface area contributed by atoms with Crippen molar-refractivity contribution in [1.29, 1.82) is 0 Å². The number of likely N-dealkylation sites (tertiary alicyclic amines) is 1. The molecular weight excluding hydrogens is 356 g/mol. The maximum Gasteiger partial charge on any atom is 0.253 e. The number of hydrogen-bond donors (Lipinski definition) is 0. The van der Waals surface area contributed by atoms with Crippen molar-refractivity contribution in [3.05, 3.63) is 42.5 Å². The lowest BCUT2D eigenvalue weighted by molar-refractivity contribution is -0.135. The summed E-state index contributed by atoms with van der Waals surface area (Å²) >= 11 is 0. The highest BCUT2D eigenvalue weighted by Gasteiger charge is 2.26. The minimum Gasteiger partial charge on any atom is -0.490 e. The number of piperidine rings is 1. The van der Waals surface area contributed by atoms with E-state index in [1.807, 2.05) is 28.0 Å². The molecule has 2 aliphatic rings. The number of nitrogens with zero attached hydrogens (tertiary/aromatic N) is 2. The Morgan fingerprint density at radius 1 is 1.21 bits per heavy atom. The Balaban J connectivity index is 1.51. The fourth-order valence-electron chi connectivity index (χ4n) is 3.84. The molecule has 0 spiro atoms. The first-order chi connectivity index (χ1) is 13.7. The first kappa shape index (κ1) is 20.4. The molecule has 6 heteroatoms. The minimum atomic E-state index is 0.0354. The Labute approximate surface area is 167 Å². The van der Waals surface area contributed by atoms with Gasteiger partial charge in [-0.1, -0.05) is 18.7 Å². The zero-order valence-corrected chi connectivity index (χ0v) is 16.5. The second-order valence-electron chi connectivity index (χ2n) is 7.42. The van der Waals surface area contributed by atoms with Crippen molar-refractivity contribution in [3.8, 4) is 5.75 Å². The molecule has 2 saturated heterocycles. The van der Waals surface area contributed by atoms with Crippen LogP contribution in [0.25, 0.3) is 0 Å². The van der Waals surface area contributed by atoms with Gasteiger partial charge in [0.25, 0.3) is 5.91 Å². The second kappa shape index (κ2) is 10.3. The summed E-state index contributed by atoms with van der Waals surface area (Å²) in [4.78, 5) is 29.1. The van der Waals surface area contributed by atoms with Crippen molar-refractivity contribution < 1.29 is 19.1 Å². The number of carbonyl (C=O) groups is 2. The Hall–Kier alpha value is -2.34. The summed E-state index contributed by atoms with van der Waals surface area (Å²) in [6, 6.07) is 7.30. The van der Waals surface area contributed by atoms with E-state index < -0.39 is 0 Å². The van der Waals surface area contributed by atoms with Gasteiger partial charge in [-0.2, -0.15) is 0 Å². The van der Waals surface area contributed by atoms with E-state index in [9.17, 15) is 9.59 Å². The predicted molar refractivity (Wildman–Crippen MR) is 107 cm³/mol. The molecule has 2 fully saturated rings. The van der Waals surface area contributed by atoms with Gasteiger partial charge in [0.2, 0.25) is 5.91 Å². The van der Waals surface area contributed by atoms with Crippen LogP contribution >= 0.6 is 0 Å². The van der Waals surface area contributed by atoms with Crippen LogP contribution in [-0.4, -0.2) is 67.6 Å². The molecule has 2 heterocycles. The lowest BCUT2D eigenvalue weighted by Gasteiger charge is -2.33. The van der Waals surface area contributed by atoms with Crippen molar-refractivity contribution in [3.63, 3.8) is 0 Å². The van der Waals surface area contributed by atoms with E-state index in [0.717, 1.165) is 25.8 Å². The van der Waals surface area contributed by atoms with Crippen molar-refractivity contribution >= 4 is 11.8 Å². The Morgan fingerprint density at radius 2 is 2.04 bits per heavy atom. The molecule has 0 radical (unpaired) electrons. The van der Waals surface area contributed by atoms with E-state index in [1.165, 1.54) is 0 Å². The Morgan fingerprint density at radius 3 is 2.82 bits per heavy atom.